The van der Waals surface area contributed by atoms with E-state index in [2.05, 4.69) is 41.5 Å². The third-order valence-electron chi connectivity index (χ3n) is 5.96. The van der Waals surface area contributed by atoms with Crippen molar-refractivity contribution in [3.05, 3.63) is 98.8 Å². The minimum absolute atomic E-state index is 0.382. The summed E-state index contributed by atoms with van der Waals surface area (Å²) in [6, 6.07) is 16.6. The number of hydrogen-bond donors (Lipinski definition) is 1. The maximum Gasteiger partial charge on any atom is 0.333 e. The number of esters is 1. The number of aromatic nitrogens is 3. The van der Waals surface area contributed by atoms with Crippen molar-refractivity contribution < 1.29 is 14.3 Å². The first kappa shape index (κ1) is 24.3. The predicted molar refractivity (Wildman–Crippen MR) is 136 cm³/mol. The summed E-state index contributed by atoms with van der Waals surface area (Å²) >= 11 is 1.25. The van der Waals surface area contributed by atoms with E-state index in [9.17, 15) is 9.59 Å². The van der Waals surface area contributed by atoms with E-state index in [0.717, 1.165) is 23.4 Å². The van der Waals surface area contributed by atoms with Gasteiger partial charge in [0.25, 0.3) is 5.91 Å². The first-order valence-electron chi connectivity index (χ1n) is 11.3. The number of thiazole rings is 1. The molecule has 0 bridgehead atoms. The molecular weight excluding hydrogens is 460 g/mol. The third kappa shape index (κ3) is 5.17. The van der Waals surface area contributed by atoms with Gasteiger partial charge in [-0.15, -0.1) is 0 Å². The van der Waals surface area contributed by atoms with Crippen molar-refractivity contribution in [1.29, 1.82) is 0 Å². The highest BCUT2D eigenvalue weighted by Crippen LogP contribution is 2.27. The van der Waals surface area contributed by atoms with Crippen molar-refractivity contribution in [1.82, 2.24) is 20.1 Å². The van der Waals surface area contributed by atoms with E-state index in [1.165, 1.54) is 29.6 Å². The van der Waals surface area contributed by atoms with Gasteiger partial charge in [0.05, 0.1) is 18.5 Å². The van der Waals surface area contributed by atoms with Crippen molar-refractivity contribution in [2.45, 2.75) is 40.2 Å². The van der Waals surface area contributed by atoms with Crippen molar-refractivity contribution in [3.63, 3.8) is 0 Å². The van der Waals surface area contributed by atoms with E-state index in [1.807, 2.05) is 32.0 Å². The third-order valence-corrected chi connectivity index (χ3v) is 7.09. The van der Waals surface area contributed by atoms with Crippen molar-refractivity contribution in [3.8, 4) is 5.13 Å². The number of rotatable bonds is 7. The van der Waals surface area contributed by atoms with Crippen molar-refractivity contribution in [2.24, 2.45) is 0 Å². The Labute approximate surface area is 208 Å². The van der Waals surface area contributed by atoms with Gasteiger partial charge in [-0.3, -0.25) is 4.79 Å². The summed E-state index contributed by atoms with van der Waals surface area (Å²) in [4.78, 5) is 30.6. The molecule has 0 fully saturated rings. The summed E-state index contributed by atoms with van der Waals surface area (Å²) in [7, 11) is 1.30. The number of benzene rings is 2. The number of nitrogens with one attached hydrogen (secondary N) is 1. The van der Waals surface area contributed by atoms with Crippen LogP contribution in [0.25, 0.3) is 5.13 Å². The topological polar surface area (TPSA) is 86.1 Å². The van der Waals surface area contributed by atoms with Gasteiger partial charge in [0.1, 0.15) is 4.88 Å². The van der Waals surface area contributed by atoms with Gasteiger partial charge < -0.3 is 10.1 Å². The van der Waals surface area contributed by atoms with Crippen LogP contribution in [0.4, 0.5) is 0 Å². The highest BCUT2D eigenvalue weighted by molar-refractivity contribution is 7.16. The summed E-state index contributed by atoms with van der Waals surface area (Å²) in [5.74, 6) is -0.918. The predicted octanol–water partition coefficient (Wildman–Crippen LogP) is 4.80. The molecule has 2 aromatic heterocycles. The fraction of sp³-hybridized carbons (Fsp3) is 0.259. The van der Waals surface area contributed by atoms with Gasteiger partial charge in [-0.1, -0.05) is 71.5 Å². The largest absolute Gasteiger partial charge is 0.467 e. The van der Waals surface area contributed by atoms with E-state index >= 15 is 0 Å². The van der Waals surface area contributed by atoms with Crippen LogP contribution in [0.3, 0.4) is 0 Å². The van der Waals surface area contributed by atoms with Gasteiger partial charge in [-0.25, -0.2) is 14.5 Å². The molecule has 35 heavy (non-hydrogen) atoms. The van der Waals surface area contributed by atoms with Crippen LogP contribution in [-0.2, 0) is 16.0 Å². The molecule has 8 heteroatoms. The molecule has 2 heterocycles. The molecule has 1 N–H and O–H groups in total. The second-order valence-corrected chi connectivity index (χ2v) is 9.45. The smallest absolute Gasteiger partial charge is 0.333 e. The zero-order valence-electron chi connectivity index (χ0n) is 20.5. The average molecular weight is 489 g/mol. The average Bonchev–Trinajstić information content (AvgIpc) is 3.38. The first-order valence-corrected chi connectivity index (χ1v) is 12.1. The second-order valence-electron chi connectivity index (χ2n) is 8.47. The standard InChI is InChI=1S/C27H28N4O3S/c1-16-11-13-20(14-12-16)15-22-17(2)30-31(19(22)4)27-28-18(3)24(35-27)25(32)29-23(26(33)34-5)21-9-7-6-8-10-21/h6-14,23H,15H2,1-5H3,(H,29,32)/t23-/m1/s1. The normalized spacial score (nSPS) is 11.8. The van der Waals surface area contributed by atoms with E-state index < -0.39 is 12.0 Å². The maximum absolute atomic E-state index is 13.2. The Bertz CT molecular complexity index is 1360. The Morgan fingerprint density at radius 1 is 1.00 bits per heavy atom. The second kappa shape index (κ2) is 10.2. The number of methoxy groups -OCH3 is 1. The van der Waals surface area contributed by atoms with Gasteiger partial charge in [0.2, 0.25) is 5.13 Å². The van der Waals surface area contributed by atoms with Crippen molar-refractivity contribution >= 4 is 23.2 Å². The molecule has 0 saturated carbocycles. The lowest BCUT2D eigenvalue weighted by Crippen LogP contribution is -2.34. The number of hydrogen-bond acceptors (Lipinski definition) is 6. The van der Waals surface area contributed by atoms with E-state index in [-0.39, 0.29) is 5.91 Å². The number of amides is 1. The summed E-state index contributed by atoms with van der Waals surface area (Å²) in [5.41, 5.74) is 6.72. The Morgan fingerprint density at radius 3 is 2.34 bits per heavy atom. The summed E-state index contributed by atoms with van der Waals surface area (Å²) < 4.78 is 6.71. The van der Waals surface area contributed by atoms with Crippen LogP contribution in [0.15, 0.2) is 54.6 Å². The quantitative estimate of drug-likeness (QED) is 0.378. The lowest BCUT2D eigenvalue weighted by Gasteiger charge is -2.16. The van der Waals surface area contributed by atoms with Gasteiger partial charge in [-0.05, 0) is 38.8 Å². The molecule has 0 aliphatic carbocycles. The Balaban J connectivity index is 1.60. The molecule has 7 nitrogen and oxygen atoms in total. The molecule has 180 valence electrons. The van der Waals surface area contributed by atoms with E-state index in [1.54, 1.807) is 23.7 Å². The summed E-state index contributed by atoms with van der Waals surface area (Å²) in [6.45, 7) is 7.86. The fourth-order valence-electron chi connectivity index (χ4n) is 3.95. The van der Waals surface area contributed by atoms with Crippen LogP contribution in [-0.4, -0.2) is 33.8 Å². The minimum atomic E-state index is -0.909. The lowest BCUT2D eigenvalue weighted by atomic mass is 10.0. The van der Waals surface area contributed by atoms with Gasteiger partial charge in [0.15, 0.2) is 6.04 Å². The number of nitrogens with zero attached hydrogens (tertiary/aromatic N) is 3. The van der Waals surface area contributed by atoms with Crippen LogP contribution in [0.5, 0.6) is 0 Å². The van der Waals surface area contributed by atoms with Crippen LogP contribution in [0.2, 0.25) is 0 Å². The molecule has 0 spiro atoms. The number of ether oxygens (including phenoxy) is 1. The highest BCUT2D eigenvalue weighted by Gasteiger charge is 2.27. The molecule has 4 rings (SSSR count). The van der Waals surface area contributed by atoms with Crippen molar-refractivity contribution in [2.75, 3.05) is 7.11 Å². The van der Waals surface area contributed by atoms with E-state index in [4.69, 9.17) is 9.84 Å². The molecule has 2 aromatic carbocycles. The molecule has 0 unspecified atom stereocenters. The summed E-state index contributed by atoms with van der Waals surface area (Å²) in [6.07, 6.45) is 0.771. The highest BCUT2D eigenvalue weighted by atomic mass is 32.1. The molecule has 0 aliphatic rings. The Morgan fingerprint density at radius 2 is 1.69 bits per heavy atom. The molecule has 1 atom stereocenters. The number of carbonyl (C=O) groups is 2. The van der Waals surface area contributed by atoms with Gasteiger partial charge in [-0.2, -0.15) is 5.10 Å². The SMILES string of the molecule is COC(=O)[C@H](NC(=O)c1sc(-n2nc(C)c(Cc3ccc(C)cc3)c2C)nc1C)c1ccccc1. The monoisotopic (exact) mass is 488 g/mol. The Hall–Kier alpha value is -3.78. The zero-order chi connectivity index (χ0) is 25.1. The van der Waals surface area contributed by atoms with Crippen LogP contribution >= 0.6 is 11.3 Å². The zero-order valence-corrected chi connectivity index (χ0v) is 21.3. The lowest BCUT2D eigenvalue weighted by molar-refractivity contribution is -0.143. The number of aryl methyl sites for hydroxylation is 3. The maximum atomic E-state index is 13.2. The fourth-order valence-corrected chi connectivity index (χ4v) is 4.92. The molecule has 0 radical (unpaired) electrons. The molecule has 0 saturated heterocycles. The van der Waals surface area contributed by atoms with Crippen LogP contribution in [0.1, 0.15) is 55.0 Å². The molecular formula is C27H28N4O3S. The van der Waals surface area contributed by atoms with Crippen LogP contribution < -0.4 is 5.32 Å². The molecule has 0 aliphatic heterocycles. The van der Waals surface area contributed by atoms with Gasteiger partial charge in [0, 0.05) is 17.7 Å². The Kier molecular flexibility index (Phi) is 7.12. The van der Waals surface area contributed by atoms with E-state index in [0.29, 0.717) is 21.3 Å². The van der Waals surface area contributed by atoms with Gasteiger partial charge >= 0.3 is 5.97 Å². The van der Waals surface area contributed by atoms with Crippen LogP contribution in [0, 0.1) is 27.7 Å². The summed E-state index contributed by atoms with van der Waals surface area (Å²) in [5, 5.41) is 8.13. The molecule has 1 amide bonds. The number of carbonyl (C=O) groups excluding carboxylic acids is 2. The molecule has 4 aromatic rings. The first-order chi connectivity index (χ1) is 16.8. The minimum Gasteiger partial charge on any atom is -0.467 e.